The van der Waals surface area contributed by atoms with E-state index >= 15 is 0 Å². The molecule has 6 nitrogen and oxygen atoms in total. The van der Waals surface area contributed by atoms with E-state index in [0.29, 0.717) is 17.1 Å². The number of hydrogen-bond acceptors (Lipinski definition) is 6. The molecule has 4 rings (SSSR count). The van der Waals surface area contributed by atoms with Crippen molar-refractivity contribution in [3.63, 3.8) is 0 Å². The van der Waals surface area contributed by atoms with Gasteiger partial charge < -0.3 is 9.73 Å². The maximum Gasteiger partial charge on any atom is 0.296 e. The molecule has 1 aliphatic carbocycles. The Kier molecular flexibility index (Phi) is 5.32. The number of benzene rings is 2. The Labute approximate surface area is 162 Å². The van der Waals surface area contributed by atoms with Crippen molar-refractivity contribution in [2.45, 2.75) is 36.6 Å². The summed E-state index contributed by atoms with van der Waals surface area (Å²) in [6, 6.07) is 13.0. The van der Waals surface area contributed by atoms with Crippen molar-refractivity contribution in [3.05, 3.63) is 54.3 Å². The molecule has 0 saturated heterocycles. The van der Waals surface area contributed by atoms with Gasteiger partial charge in [-0.15, -0.1) is 0 Å². The van der Waals surface area contributed by atoms with Gasteiger partial charge in [-0.25, -0.2) is 4.39 Å². The highest BCUT2D eigenvalue weighted by molar-refractivity contribution is 7.86. The number of nitrogens with zero attached hydrogens (tertiary/aromatic N) is 1. The van der Waals surface area contributed by atoms with E-state index in [1.165, 1.54) is 24.3 Å². The van der Waals surface area contributed by atoms with Crippen molar-refractivity contribution in [2.75, 3.05) is 11.9 Å². The maximum atomic E-state index is 13.2. The largest absolute Gasteiger partial charge is 0.423 e. The zero-order valence-corrected chi connectivity index (χ0v) is 16.0. The topological polar surface area (TPSA) is 81.4 Å². The number of oxazole rings is 1. The summed E-state index contributed by atoms with van der Waals surface area (Å²) in [5, 5.41) is 3.25. The van der Waals surface area contributed by atoms with Crippen molar-refractivity contribution in [1.29, 1.82) is 0 Å². The predicted octanol–water partition coefficient (Wildman–Crippen LogP) is 4.34. The first-order valence-corrected chi connectivity index (χ1v) is 10.7. The molecule has 1 N–H and O–H groups in total. The normalized spacial score (nSPS) is 20.3. The van der Waals surface area contributed by atoms with Crippen molar-refractivity contribution in [2.24, 2.45) is 5.92 Å². The van der Waals surface area contributed by atoms with Crippen LogP contribution >= 0.6 is 0 Å². The van der Waals surface area contributed by atoms with Crippen LogP contribution in [-0.2, 0) is 14.3 Å². The van der Waals surface area contributed by atoms with Crippen LogP contribution in [0.2, 0.25) is 0 Å². The standard InChI is InChI=1S/C20H21FN2O4S/c21-15-8-11-18-19(12-15)27-20(23-18)22-16-9-6-14(7-10-16)13-26-28(24,25)17-4-2-1-3-5-17/h1-5,8,11-12,14,16H,6-7,9-10,13H2,(H,22,23). The van der Waals surface area contributed by atoms with Crippen LogP contribution in [0.3, 0.4) is 0 Å². The second-order valence-electron chi connectivity index (χ2n) is 7.04. The van der Waals surface area contributed by atoms with Gasteiger partial charge in [0.15, 0.2) is 5.58 Å². The lowest BCUT2D eigenvalue weighted by Gasteiger charge is -2.28. The van der Waals surface area contributed by atoms with Gasteiger partial charge in [0.2, 0.25) is 0 Å². The summed E-state index contributed by atoms with van der Waals surface area (Å²) >= 11 is 0. The Morgan fingerprint density at radius 2 is 1.86 bits per heavy atom. The summed E-state index contributed by atoms with van der Waals surface area (Å²) in [4.78, 5) is 4.50. The average molecular weight is 404 g/mol. The molecule has 0 radical (unpaired) electrons. The molecule has 0 unspecified atom stereocenters. The van der Waals surface area contributed by atoms with E-state index in [1.807, 2.05) is 0 Å². The van der Waals surface area contributed by atoms with Crippen LogP contribution in [-0.4, -0.2) is 26.1 Å². The minimum Gasteiger partial charge on any atom is -0.423 e. The molecule has 0 bridgehead atoms. The first kappa shape index (κ1) is 18.9. The van der Waals surface area contributed by atoms with Gasteiger partial charge in [-0.05, 0) is 55.9 Å². The molecule has 148 valence electrons. The van der Waals surface area contributed by atoms with Gasteiger partial charge in [-0.1, -0.05) is 18.2 Å². The molecule has 0 spiro atoms. The minimum absolute atomic E-state index is 0.178. The van der Waals surface area contributed by atoms with E-state index in [1.54, 1.807) is 24.3 Å². The van der Waals surface area contributed by atoms with Gasteiger partial charge in [0.1, 0.15) is 11.3 Å². The Bertz CT molecular complexity index is 1040. The van der Waals surface area contributed by atoms with E-state index < -0.39 is 10.1 Å². The molecule has 0 amide bonds. The molecule has 0 aliphatic heterocycles. The van der Waals surface area contributed by atoms with Crippen molar-refractivity contribution >= 4 is 27.2 Å². The van der Waals surface area contributed by atoms with Crippen LogP contribution in [0.1, 0.15) is 25.7 Å². The number of nitrogens with one attached hydrogen (secondary N) is 1. The number of halogens is 1. The number of anilines is 1. The molecular weight excluding hydrogens is 383 g/mol. The fourth-order valence-corrected chi connectivity index (χ4v) is 4.45. The number of aromatic nitrogens is 1. The SMILES string of the molecule is O=S(=O)(OCC1CCC(Nc2nc3ccc(F)cc3o2)CC1)c1ccccc1. The molecule has 28 heavy (non-hydrogen) atoms. The summed E-state index contributed by atoms with van der Waals surface area (Å²) in [7, 11) is -3.71. The average Bonchev–Trinajstić information content (AvgIpc) is 3.09. The Balaban J connectivity index is 1.28. The van der Waals surface area contributed by atoms with Crippen LogP contribution in [0.5, 0.6) is 0 Å². The van der Waals surface area contributed by atoms with E-state index in [0.717, 1.165) is 25.7 Å². The highest BCUT2D eigenvalue weighted by atomic mass is 32.2. The van der Waals surface area contributed by atoms with Gasteiger partial charge in [-0.2, -0.15) is 13.4 Å². The Morgan fingerprint density at radius 1 is 1.11 bits per heavy atom. The first-order valence-electron chi connectivity index (χ1n) is 9.27. The fraction of sp³-hybridized carbons (Fsp3) is 0.350. The summed E-state index contributed by atoms with van der Waals surface area (Å²) in [5.74, 6) is -0.171. The van der Waals surface area contributed by atoms with Gasteiger partial charge >= 0.3 is 0 Å². The smallest absolute Gasteiger partial charge is 0.296 e. The van der Waals surface area contributed by atoms with Crippen molar-refractivity contribution in [3.8, 4) is 0 Å². The van der Waals surface area contributed by atoms with Gasteiger partial charge in [0.25, 0.3) is 16.1 Å². The first-order chi connectivity index (χ1) is 13.5. The third-order valence-electron chi connectivity index (χ3n) is 5.02. The van der Waals surface area contributed by atoms with Crippen LogP contribution in [0.25, 0.3) is 11.1 Å². The highest BCUT2D eigenvalue weighted by Crippen LogP contribution is 2.29. The van der Waals surface area contributed by atoms with E-state index in [-0.39, 0.29) is 29.3 Å². The lowest BCUT2D eigenvalue weighted by molar-refractivity contribution is 0.208. The van der Waals surface area contributed by atoms with Gasteiger partial charge in [-0.3, -0.25) is 4.18 Å². The van der Waals surface area contributed by atoms with E-state index in [2.05, 4.69) is 10.3 Å². The molecule has 2 aromatic carbocycles. The number of fused-ring (bicyclic) bond motifs is 1. The zero-order chi connectivity index (χ0) is 19.6. The van der Waals surface area contributed by atoms with Crippen molar-refractivity contribution in [1.82, 2.24) is 4.98 Å². The Hall–Kier alpha value is -2.45. The fourth-order valence-electron chi connectivity index (χ4n) is 3.45. The third kappa shape index (κ3) is 4.34. The monoisotopic (exact) mass is 404 g/mol. The van der Waals surface area contributed by atoms with Gasteiger partial charge in [0, 0.05) is 12.1 Å². The quantitative estimate of drug-likeness (QED) is 0.616. The molecule has 8 heteroatoms. The molecule has 0 atom stereocenters. The minimum atomic E-state index is -3.71. The van der Waals surface area contributed by atoms with E-state index in [9.17, 15) is 12.8 Å². The molecular formula is C20H21FN2O4S. The van der Waals surface area contributed by atoms with Crippen LogP contribution in [0, 0.1) is 11.7 Å². The Morgan fingerprint density at radius 3 is 2.61 bits per heavy atom. The van der Waals surface area contributed by atoms with E-state index in [4.69, 9.17) is 8.60 Å². The number of rotatable bonds is 6. The maximum absolute atomic E-state index is 13.2. The molecule has 1 fully saturated rings. The summed E-state index contributed by atoms with van der Waals surface area (Å²) in [6.07, 6.45) is 3.40. The van der Waals surface area contributed by atoms with Crippen molar-refractivity contribution < 1.29 is 21.4 Å². The molecule has 1 saturated carbocycles. The van der Waals surface area contributed by atoms with Crippen LogP contribution in [0.15, 0.2) is 57.8 Å². The highest BCUT2D eigenvalue weighted by Gasteiger charge is 2.25. The third-order valence-corrected chi connectivity index (χ3v) is 6.31. The predicted molar refractivity (Wildman–Crippen MR) is 103 cm³/mol. The lowest BCUT2D eigenvalue weighted by atomic mass is 9.87. The summed E-state index contributed by atoms with van der Waals surface area (Å²) in [5.41, 5.74) is 1.02. The summed E-state index contributed by atoms with van der Waals surface area (Å²) < 4.78 is 48.5. The molecule has 3 aromatic rings. The second-order valence-corrected chi connectivity index (χ2v) is 8.66. The second kappa shape index (κ2) is 7.89. The molecule has 1 heterocycles. The molecule has 1 aromatic heterocycles. The molecule has 1 aliphatic rings. The lowest BCUT2D eigenvalue weighted by Crippen LogP contribution is -2.28. The zero-order valence-electron chi connectivity index (χ0n) is 15.2. The van der Waals surface area contributed by atoms with Gasteiger partial charge in [0.05, 0.1) is 11.5 Å². The number of hydrogen-bond donors (Lipinski definition) is 1. The van der Waals surface area contributed by atoms with Crippen LogP contribution in [0.4, 0.5) is 10.4 Å². The summed E-state index contributed by atoms with van der Waals surface area (Å²) in [6.45, 7) is 0.187. The van der Waals surface area contributed by atoms with Crippen LogP contribution < -0.4 is 5.32 Å².